The summed E-state index contributed by atoms with van der Waals surface area (Å²) in [6, 6.07) is 0. The van der Waals surface area contributed by atoms with E-state index in [9.17, 15) is 10.2 Å². The van der Waals surface area contributed by atoms with E-state index in [0.29, 0.717) is 26.2 Å². The van der Waals surface area contributed by atoms with Crippen molar-refractivity contribution in [2.45, 2.75) is 12.2 Å². The van der Waals surface area contributed by atoms with Crippen LogP contribution in [0, 0.1) is 0 Å². The zero-order valence-electron chi connectivity index (χ0n) is 7.11. The van der Waals surface area contributed by atoms with E-state index < -0.39 is 12.2 Å². The Morgan fingerprint density at radius 1 is 1.42 bits per heavy atom. The fourth-order valence-corrected chi connectivity index (χ4v) is 1.36. The van der Waals surface area contributed by atoms with Gasteiger partial charge in [0.1, 0.15) is 0 Å². The summed E-state index contributed by atoms with van der Waals surface area (Å²) >= 11 is 0. The summed E-state index contributed by atoms with van der Waals surface area (Å²) in [4.78, 5) is 1.95. The lowest BCUT2D eigenvalue weighted by Crippen LogP contribution is -2.26. The molecule has 70 valence electrons. The minimum atomic E-state index is -0.615. The molecule has 0 aromatic heterocycles. The van der Waals surface area contributed by atoms with Crippen molar-refractivity contribution in [1.29, 1.82) is 0 Å². The first-order valence-corrected chi connectivity index (χ1v) is 4.08. The van der Waals surface area contributed by atoms with Gasteiger partial charge in [0.25, 0.3) is 0 Å². The summed E-state index contributed by atoms with van der Waals surface area (Å²) in [6.07, 6.45) is -1.23. The monoisotopic (exact) mass is 172 g/mol. The molecule has 4 heteroatoms. The van der Waals surface area contributed by atoms with Crippen molar-refractivity contribution in [3.05, 3.63) is 12.2 Å². The second kappa shape index (κ2) is 4.00. The standard InChI is InChI=1S/C8H16N2O2/c1-6(2-9)3-10-4-7(11)8(12)5-10/h7-8,11-12H,1-5,9H2. The van der Waals surface area contributed by atoms with E-state index in [1.807, 2.05) is 4.90 Å². The van der Waals surface area contributed by atoms with Crippen LogP contribution in [0.4, 0.5) is 0 Å². The zero-order valence-corrected chi connectivity index (χ0v) is 7.11. The van der Waals surface area contributed by atoms with Gasteiger partial charge in [-0.25, -0.2) is 0 Å². The van der Waals surface area contributed by atoms with Crippen molar-refractivity contribution in [2.24, 2.45) is 5.73 Å². The van der Waals surface area contributed by atoms with E-state index >= 15 is 0 Å². The summed E-state index contributed by atoms with van der Waals surface area (Å²) in [5, 5.41) is 18.4. The highest BCUT2D eigenvalue weighted by Gasteiger charge is 2.29. The molecular formula is C8H16N2O2. The van der Waals surface area contributed by atoms with Crippen LogP contribution in [0.5, 0.6) is 0 Å². The first kappa shape index (κ1) is 9.67. The molecule has 0 saturated carbocycles. The highest BCUT2D eigenvalue weighted by atomic mass is 16.3. The lowest BCUT2D eigenvalue weighted by atomic mass is 10.3. The van der Waals surface area contributed by atoms with Gasteiger partial charge in [-0.15, -0.1) is 0 Å². The Labute approximate surface area is 72.3 Å². The van der Waals surface area contributed by atoms with E-state index in [1.54, 1.807) is 0 Å². The normalized spacial score (nSPS) is 30.9. The fourth-order valence-electron chi connectivity index (χ4n) is 1.36. The fraction of sp³-hybridized carbons (Fsp3) is 0.750. The van der Waals surface area contributed by atoms with Crippen molar-refractivity contribution >= 4 is 0 Å². The molecule has 0 aromatic rings. The van der Waals surface area contributed by atoms with Crippen LogP contribution in [0.25, 0.3) is 0 Å². The molecule has 0 bridgehead atoms. The molecule has 0 amide bonds. The van der Waals surface area contributed by atoms with E-state index in [1.165, 1.54) is 0 Å². The maximum Gasteiger partial charge on any atom is 0.0938 e. The van der Waals surface area contributed by atoms with Crippen molar-refractivity contribution in [3.63, 3.8) is 0 Å². The Hall–Kier alpha value is -0.420. The van der Waals surface area contributed by atoms with Crippen LogP contribution in [0.15, 0.2) is 12.2 Å². The number of hydrogen-bond donors (Lipinski definition) is 3. The smallest absolute Gasteiger partial charge is 0.0938 e. The third kappa shape index (κ3) is 2.28. The van der Waals surface area contributed by atoms with Gasteiger partial charge in [-0.1, -0.05) is 6.58 Å². The van der Waals surface area contributed by atoms with Gasteiger partial charge < -0.3 is 15.9 Å². The minimum Gasteiger partial charge on any atom is -0.389 e. The molecule has 1 fully saturated rings. The maximum atomic E-state index is 9.20. The predicted molar refractivity (Wildman–Crippen MR) is 46.6 cm³/mol. The minimum absolute atomic E-state index is 0.461. The summed E-state index contributed by atoms with van der Waals surface area (Å²) in [7, 11) is 0. The first-order chi connectivity index (χ1) is 5.63. The summed E-state index contributed by atoms with van der Waals surface area (Å²) < 4.78 is 0. The molecule has 1 heterocycles. The van der Waals surface area contributed by atoms with Gasteiger partial charge in [0.15, 0.2) is 0 Å². The van der Waals surface area contributed by atoms with Crippen LogP contribution in [0.1, 0.15) is 0 Å². The molecule has 1 aliphatic heterocycles. The SMILES string of the molecule is C=C(CN)CN1CC(O)C(O)C1. The second-order valence-corrected chi connectivity index (χ2v) is 3.28. The molecule has 2 unspecified atom stereocenters. The molecule has 1 aliphatic rings. The van der Waals surface area contributed by atoms with Crippen molar-refractivity contribution in [3.8, 4) is 0 Å². The second-order valence-electron chi connectivity index (χ2n) is 3.28. The average molecular weight is 172 g/mol. The van der Waals surface area contributed by atoms with Crippen LogP contribution in [0.2, 0.25) is 0 Å². The van der Waals surface area contributed by atoms with E-state index in [0.717, 1.165) is 5.57 Å². The molecule has 1 saturated heterocycles. The number of aliphatic hydroxyl groups is 2. The molecule has 0 spiro atoms. The van der Waals surface area contributed by atoms with E-state index in [4.69, 9.17) is 5.73 Å². The maximum absolute atomic E-state index is 9.20. The number of β-amino-alcohol motifs (C(OH)–C–C–N with tert-alkyl or cyclic N) is 2. The Kier molecular flexibility index (Phi) is 3.22. The third-order valence-electron chi connectivity index (χ3n) is 2.07. The van der Waals surface area contributed by atoms with E-state index in [2.05, 4.69) is 6.58 Å². The van der Waals surface area contributed by atoms with Crippen LogP contribution in [-0.4, -0.2) is 53.5 Å². The average Bonchev–Trinajstić information content (AvgIpc) is 2.31. The number of nitrogens with two attached hydrogens (primary N) is 1. The number of nitrogens with zero attached hydrogens (tertiary/aromatic N) is 1. The summed E-state index contributed by atoms with van der Waals surface area (Å²) in [5.41, 5.74) is 6.30. The van der Waals surface area contributed by atoms with E-state index in [-0.39, 0.29) is 0 Å². The Morgan fingerprint density at radius 2 is 1.92 bits per heavy atom. The van der Waals surface area contributed by atoms with Gasteiger partial charge in [-0.05, 0) is 5.57 Å². The largest absolute Gasteiger partial charge is 0.389 e. The molecule has 0 aromatic carbocycles. The molecule has 1 rings (SSSR count). The molecule has 12 heavy (non-hydrogen) atoms. The Bertz CT molecular complexity index is 162. The number of hydrogen-bond acceptors (Lipinski definition) is 4. The van der Waals surface area contributed by atoms with Crippen molar-refractivity contribution < 1.29 is 10.2 Å². The molecule has 4 N–H and O–H groups in total. The first-order valence-electron chi connectivity index (χ1n) is 4.08. The van der Waals surface area contributed by atoms with Crippen molar-refractivity contribution in [1.82, 2.24) is 4.90 Å². The molecule has 4 nitrogen and oxygen atoms in total. The molecule has 0 aliphatic carbocycles. The Morgan fingerprint density at radius 3 is 2.33 bits per heavy atom. The van der Waals surface area contributed by atoms with Gasteiger partial charge in [0, 0.05) is 26.2 Å². The lowest BCUT2D eigenvalue weighted by molar-refractivity contribution is 0.0572. The number of rotatable bonds is 3. The molecule has 0 radical (unpaired) electrons. The van der Waals surface area contributed by atoms with Gasteiger partial charge in [-0.3, -0.25) is 4.90 Å². The number of aliphatic hydroxyl groups excluding tert-OH is 2. The quantitative estimate of drug-likeness (QED) is 0.455. The van der Waals surface area contributed by atoms with Crippen LogP contribution >= 0.6 is 0 Å². The Balaban J connectivity index is 2.32. The van der Waals surface area contributed by atoms with Gasteiger partial charge in [0.2, 0.25) is 0 Å². The molecular weight excluding hydrogens is 156 g/mol. The van der Waals surface area contributed by atoms with Crippen LogP contribution in [-0.2, 0) is 0 Å². The van der Waals surface area contributed by atoms with Crippen molar-refractivity contribution in [2.75, 3.05) is 26.2 Å². The van der Waals surface area contributed by atoms with Gasteiger partial charge in [0.05, 0.1) is 12.2 Å². The molecule has 2 atom stereocenters. The van der Waals surface area contributed by atoms with Crippen LogP contribution in [0.3, 0.4) is 0 Å². The predicted octanol–water partition coefficient (Wildman–Crippen LogP) is -1.46. The van der Waals surface area contributed by atoms with Crippen LogP contribution < -0.4 is 5.73 Å². The highest BCUT2D eigenvalue weighted by Crippen LogP contribution is 2.10. The highest BCUT2D eigenvalue weighted by molar-refractivity contribution is 5.00. The zero-order chi connectivity index (χ0) is 9.14. The summed E-state index contributed by atoms with van der Waals surface area (Å²) in [5.74, 6) is 0. The van der Waals surface area contributed by atoms with Gasteiger partial charge >= 0.3 is 0 Å². The lowest BCUT2D eigenvalue weighted by Gasteiger charge is -2.14. The third-order valence-corrected chi connectivity index (χ3v) is 2.07. The topological polar surface area (TPSA) is 69.7 Å². The number of likely N-dealkylation sites (tertiary alicyclic amines) is 1. The van der Waals surface area contributed by atoms with Gasteiger partial charge in [-0.2, -0.15) is 0 Å². The summed E-state index contributed by atoms with van der Waals surface area (Å²) in [6.45, 7) is 5.92.